The topological polar surface area (TPSA) is 119 Å². The number of aryl methyl sites for hydroxylation is 1. The Morgan fingerprint density at radius 1 is 1.21 bits per heavy atom. The molecule has 14 heteroatoms. The van der Waals surface area contributed by atoms with E-state index in [1.165, 1.54) is 16.6 Å². The molecular formula is C28H30F3N7O4. The fourth-order valence-electron chi connectivity index (χ4n) is 5.61. The largest absolute Gasteiger partial charge is 0.459 e. The number of ether oxygens (including phenoxy) is 1. The molecule has 1 fully saturated rings. The number of rotatable bonds is 6. The third-order valence-corrected chi connectivity index (χ3v) is 7.53. The highest BCUT2D eigenvalue weighted by atomic mass is 19.4. The molecule has 0 saturated carbocycles. The summed E-state index contributed by atoms with van der Waals surface area (Å²) in [5.41, 5.74) is 0.815. The molecule has 2 N–H and O–H groups in total. The van der Waals surface area contributed by atoms with E-state index in [0.29, 0.717) is 69.4 Å². The number of nitrogens with one attached hydrogen (secondary N) is 2. The van der Waals surface area contributed by atoms with Gasteiger partial charge in [0.05, 0.1) is 30.2 Å². The predicted octanol–water partition coefficient (Wildman–Crippen LogP) is 3.38. The van der Waals surface area contributed by atoms with Crippen LogP contribution in [0.25, 0.3) is 22.3 Å². The van der Waals surface area contributed by atoms with Crippen LogP contribution in [0, 0.1) is 6.92 Å². The second-order valence-corrected chi connectivity index (χ2v) is 10.3. The fourth-order valence-corrected chi connectivity index (χ4v) is 5.61. The minimum atomic E-state index is -4.58. The van der Waals surface area contributed by atoms with E-state index >= 15 is 0 Å². The number of fused-ring (bicyclic) bond motifs is 2. The van der Waals surface area contributed by atoms with Crippen molar-refractivity contribution >= 4 is 39.6 Å². The number of carbonyl (C=O) groups excluding carboxylic acids is 1. The Morgan fingerprint density at radius 2 is 2.00 bits per heavy atom. The number of benzene rings is 1. The quantitative estimate of drug-likeness (QED) is 0.354. The van der Waals surface area contributed by atoms with Crippen molar-refractivity contribution in [2.45, 2.75) is 39.4 Å². The molecule has 2 aliphatic heterocycles. The monoisotopic (exact) mass is 585 g/mol. The molecule has 4 aromatic rings. The number of aromatic nitrogens is 4. The summed E-state index contributed by atoms with van der Waals surface area (Å²) in [5, 5.41) is 10.4. The molecule has 0 atom stereocenters. The van der Waals surface area contributed by atoms with E-state index in [1.54, 1.807) is 11.5 Å². The van der Waals surface area contributed by atoms with E-state index in [1.807, 2.05) is 17.9 Å². The molecule has 0 aliphatic carbocycles. The molecule has 5 heterocycles. The van der Waals surface area contributed by atoms with Crippen molar-refractivity contribution in [1.29, 1.82) is 0 Å². The Morgan fingerprint density at radius 3 is 2.69 bits per heavy atom. The molecular weight excluding hydrogens is 555 g/mol. The van der Waals surface area contributed by atoms with Crippen LogP contribution in [0.1, 0.15) is 36.2 Å². The average molecular weight is 586 g/mol. The number of amides is 1. The smallest absolute Gasteiger partial charge is 0.417 e. The van der Waals surface area contributed by atoms with Crippen molar-refractivity contribution in [3.63, 3.8) is 0 Å². The van der Waals surface area contributed by atoms with Crippen LogP contribution < -0.4 is 21.1 Å². The zero-order chi connectivity index (χ0) is 29.6. The predicted molar refractivity (Wildman–Crippen MR) is 150 cm³/mol. The molecule has 0 radical (unpaired) electrons. The molecule has 3 aromatic heterocycles. The number of hydrogen-bond acceptors (Lipinski definition) is 8. The number of piperazine rings is 1. The number of alkyl halides is 3. The Hall–Kier alpha value is -4.17. The standard InChI is InChI=1S/C28H30F3N7O4/c1-3-21-23(36-10-8-32-9-11-36)26(40)38-27(34-25(35-38)17-6-12-41-13-7-17)37(21)15-22(39)33-20-5-4-19(28(29,30)31)18-14-16(2)42-24(18)20/h4-6,14,32H,3,7-13,15H2,1-2H3,(H,33,39). The molecule has 1 amide bonds. The second kappa shape index (κ2) is 10.9. The van der Waals surface area contributed by atoms with Crippen LogP contribution in [0.15, 0.2) is 33.5 Å². The van der Waals surface area contributed by atoms with Crippen LogP contribution in [0.5, 0.6) is 0 Å². The highest BCUT2D eigenvalue weighted by molar-refractivity contribution is 6.01. The molecule has 0 unspecified atom stereocenters. The van der Waals surface area contributed by atoms with Gasteiger partial charge >= 0.3 is 6.18 Å². The van der Waals surface area contributed by atoms with Gasteiger partial charge in [-0.1, -0.05) is 13.0 Å². The lowest BCUT2D eigenvalue weighted by Crippen LogP contribution is -2.47. The maximum Gasteiger partial charge on any atom is 0.417 e. The number of hydrogen-bond donors (Lipinski definition) is 2. The van der Waals surface area contributed by atoms with Crippen molar-refractivity contribution in [3.8, 4) is 0 Å². The van der Waals surface area contributed by atoms with Crippen molar-refractivity contribution < 1.29 is 27.1 Å². The summed E-state index contributed by atoms with van der Waals surface area (Å²) in [6.07, 6.45) is -1.69. The minimum absolute atomic E-state index is 0.0610. The van der Waals surface area contributed by atoms with Gasteiger partial charge in [-0.15, -0.1) is 5.10 Å². The fraction of sp³-hybridized carbons (Fsp3) is 0.429. The third kappa shape index (κ3) is 5.04. The summed E-state index contributed by atoms with van der Waals surface area (Å²) in [5.74, 6) is 0.359. The normalized spacial score (nSPS) is 16.3. The van der Waals surface area contributed by atoms with Crippen molar-refractivity contribution in [2.75, 3.05) is 49.6 Å². The second-order valence-electron chi connectivity index (χ2n) is 10.3. The van der Waals surface area contributed by atoms with Gasteiger partial charge < -0.3 is 29.3 Å². The zero-order valence-electron chi connectivity index (χ0n) is 23.2. The molecule has 2 aliphatic rings. The summed E-state index contributed by atoms with van der Waals surface area (Å²) >= 11 is 0. The summed E-state index contributed by atoms with van der Waals surface area (Å²) in [6.45, 7) is 6.71. The van der Waals surface area contributed by atoms with E-state index in [9.17, 15) is 22.8 Å². The lowest BCUT2D eigenvalue weighted by Gasteiger charge is -2.31. The Kier molecular flexibility index (Phi) is 7.27. The lowest BCUT2D eigenvalue weighted by atomic mass is 10.1. The number of nitrogens with zero attached hydrogens (tertiary/aromatic N) is 5. The van der Waals surface area contributed by atoms with Crippen molar-refractivity contribution in [2.24, 2.45) is 0 Å². The molecule has 6 rings (SSSR count). The van der Waals surface area contributed by atoms with Gasteiger partial charge in [-0.25, -0.2) is 0 Å². The van der Waals surface area contributed by atoms with Gasteiger partial charge in [0, 0.05) is 31.6 Å². The zero-order valence-corrected chi connectivity index (χ0v) is 23.2. The molecule has 0 bridgehead atoms. The number of halogens is 3. The summed E-state index contributed by atoms with van der Waals surface area (Å²) < 4.78 is 54.7. The SMILES string of the molecule is CCc1c(N2CCNCC2)c(=O)n2nc(C3=CCOCC3)nc2n1CC(=O)Nc1ccc(C(F)(F)F)c2cc(C)oc12. The first-order valence-electron chi connectivity index (χ1n) is 13.8. The summed E-state index contributed by atoms with van der Waals surface area (Å²) in [4.78, 5) is 34.0. The Bertz CT molecular complexity index is 1760. The van der Waals surface area contributed by atoms with Crippen LogP contribution in [0.4, 0.5) is 24.5 Å². The molecule has 0 spiro atoms. The van der Waals surface area contributed by atoms with E-state index in [0.717, 1.165) is 11.6 Å². The van der Waals surface area contributed by atoms with Crippen molar-refractivity contribution in [3.05, 3.63) is 57.5 Å². The first-order chi connectivity index (χ1) is 20.2. The lowest BCUT2D eigenvalue weighted by molar-refractivity contribution is -0.136. The van der Waals surface area contributed by atoms with Crippen LogP contribution in [-0.2, 0) is 28.7 Å². The average Bonchev–Trinajstić information content (AvgIpc) is 3.59. The number of anilines is 2. The van der Waals surface area contributed by atoms with Crippen molar-refractivity contribution in [1.82, 2.24) is 24.5 Å². The van der Waals surface area contributed by atoms with Gasteiger partial charge in [0.25, 0.3) is 5.56 Å². The van der Waals surface area contributed by atoms with Gasteiger partial charge in [0.2, 0.25) is 11.7 Å². The highest BCUT2D eigenvalue weighted by Gasteiger charge is 2.34. The third-order valence-electron chi connectivity index (χ3n) is 7.53. The van der Waals surface area contributed by atoms with Crippen LogP contribution in [-0.4, -0.2) is 64.5 Å². The maximum atomic E-state index is 13.8. The van der Waals surface area contributed by atoms with E-state index < -0.39 is 17.6 Å². The molecule has 11 nitrogen and oxygen atoms in total. The van der Waals surface area contributed by atoms with E-state index in [-0.39, 0.29) is 40.3 Å². The van der Waals surface area contributed by atoms with Gasteiger partial charge in [-0.2, -0.15) is 22.7 Å². The number of furan rings is 1. The van der Waals surface area contributed by atoms with Crippen LogP contribution in [0.2, 0.25) is 0 Å². The first kappa shape index (κ1) is 28.0. The maximum absolute atomic E-state index is 13.8. The number of carbonyl (C=O) groups is 1. The van der Waals surface area contributed by atoms with Crippen LogP contribution in [0.3, 0.4) is 0 Å². The van der Waals surface area contributed by atoms with E-state index in [2.05, 4.69) is 20.7 Å². The molecule has 222 valence electrons. The van der Waals surface area contributed by atoms with E-state index in [4.69, 9.17) is 9.15 Å². The Balaban J connectivity index is 1.43. The molecule has 1 saturated heterocycles. The minimum Gasteiger partial charge on any atom is -0.459 e. The van der Waals surface area contributed by atoms with Gasteiger partial charge in [-0.3, -0.25) is 9.59 Å². The van der Waals surface area contributed by atoms with Crippen LogP contribution >= 0.6 is 0 Å². The summed E-state index contributed by atoms with van der Waals surface area (Å²) in [7, 11) is 0. The van der Waals surface area contributed by atoms with Gasteiger partial charge in [0.1, 0.15) is 18.0 Å². The Labute approximate surface area is 237 Å². The summed E-state index contributed by atoms with van der Waals surface area (Å²) in [6, 6.07) is 3.42. The molecule has 42 heavy (non-hydrogen) atoms. The molecule has 1 aromatic carbocycles. The first-order valence-corrected chi connectivity index (χ1v) is 13.8. The van der Waals surface area contributed by atoms with Gasteiger partial charge in [-0.05, 0) is 43.5 Å². The highest BCUT2D eigenvalue weighted by Crippen LogP contribution is 2.39. The van der Waals surface area contributed by atoms with Gasteiger partial charge in [0.15, 0.2) is 11.4 Å².